The van der Waals surface area contributed by atoms with Crippen LogP contribution in [0.4, 0.5) is 0 Å². The molecule has 1 aliphatic rings. The van der Waals surface area contributed by atoms with E-state index in [0.717, 1.165) is 24.0 Å². The van der Waals surface area contributed by atoms with Crippen molar-refractivity contribution in [3.8, 4) is 5.75 Å². The van der Waals surface area contributed by atoms with E-state index in [1.165, 1.54) is 0 Å². The number of rotatable bonds is 12. The molecule has 1 aromatic carbocycles. The molecule has 1 atom stereocenters. The van der Waals surface area contributed by atoms with Crippen LogP contribution in [0, 0.1) is 0 Å². The van der Waals surface area contributed by atoms with Crippen LogP contribution >= 0.6 is 0 Å². The molecule has 28 heavy (non-hydrogen) atoms. The molecule has 7 nitrogen and oxygen atoms in total. The number of ether oxygens (including phenoxy) is 1. The fourth-order valence-electron chi connectivity index (χ4n) is 3.14. The summed E-state index contributed by atoms with van der Waals surface area (Å²) in [6.45, 7) is 4.12. The Kier molecular flexibility index (Phi) is 8.48. The maximum atomic E-state index is 12.1. The van der Waals surface area contributed by atoms with E-state index < -0.39 is 20.0 Å². The van der Waals surface area contributed by atoms with Gasteiger partial charge in [-0.15, -0.1) is 0 Å². The van der Waals surface area contributed by atoms with Crippen molar-refractivity contribution in [2.24, 2.45) is 0 Å². The predicted molar refractivity (Wildman–Crippen MR) is 112 cm³/mol. The van der Waals surface area contributed by atoms with Gasteiger partial charge in [0.1, 0.15) is 12.4 Å². The van der Waals surface area contributed by atoms with Crippen molar-refractivity contribution in [2.45, 2.75) is 45.6 Å². The maximum Gasteiger partial charge on any atom is 0.212 e. The van der Waals surface area contributed by atoms with Gasteiger partial charge in [-0.05, 0) is 49.0 Å². The lowest BCUT2D eigenvalue weighted by molar-refractivity contribution is 0.323. The Labute approximate surface area is 168 Å². The summed E-state index contributed by atoms with van der Waals surface area (Å²) in [4.78, 5) is 0. The van der Waals surface area contributed by atoms with Gasteiger partial charge in [-0.25, -0.2) is 26.3 Å². The SMILES string of the molecule is CCCS(=O)(=O)NCCOc1ccc(C2=CCCC2NS(=O)(=O)CCC)cc1. The molecular weight excluding hydrogens is 400 g/mol. The maximum absolute atomic E-state index is 12.1. The summed E-state index contributed by atoms with van der Waals surface area (Å²) in [5, 5.41) is 0. The molecular formula is C19H30N2O5S2. The molecule has 0 spiro atoms. The third-order valence-corrected chi connectivity index (χ3v) is 7.52. The van der Waals surface area contributed by atoms with Gasteiger partial charge < -0.3 is 4.74 Å². The highest BCUT2D eigenvalue weighted by molar-refractivity contribution is 7.89. The van der Waals surface area contributed by atoms with Crippen LogP contribution in [0.1, 0.15) is 45.1 Å². The van der Waals surface area contributed by atoms with Crippen LogP contribution in [-0.2, 0) is 20.0 Å². The molecule has 0 aromatic heterocycles. The van der Waals surface area contributed by atoms with Gasteiger partial charge in [-0.3, -0.25) is 0 Å². The van der Waals surface area contributed by atoms with Gasteiger partial charge in [0, 0.05) is 12.6 Å². The Bertz CT molecular complexity index is 862. The number of sulfonamides is 2. The molecule has 1 aromatic rings. The first-order chi connectivity index (χ1) is 13.3. The molecule has 9 heteroatoms. The van der Waals surface area contributed by atoms with Gasteiger partial charge in [0.2, 0.25) is 20.0 Å². The predicted octanol–water partition coefficient (Wildman–Crippen LogP) is 2.27. The molecule has 0 radical (unpaired) electrons. The van der Waals surface area contributed by atoms with E-state index in [2.05, 4.69) is 15.5 Å². The summed E-state index contributed by atoms with van der Waals surface area (Å²) in [6, 6.07) is 7.22. The first kappa shape index (κ1) is 22.9. The molecule has 0 bridgehead atoms. The molecule has 1 unspecified atom stereocenters. The van der Waals surface area contributed by atoms with E-state index in [-0.39, 0.29) is 30.7 Å². The lowest BCUT2D eigenvalue weighted by Gasteiger charge is -2.17. The molecule has 0 saturated carbocycles. The normalized spacial score (nSPS) is 17.5. The topological polar surface area (TPSA) is 102 Å². The van der Waals surface area contributed by atoms with Crippen LogP contribution in [0.2, 0.25) is 0 Å². The van der Waals surface area contributed by atoms with E-state index in [4.69, 9.17) is 4.74 Å². The molecule has 1 aliphatic carbocycles. The van der Waals surface area contributed by atoms with E-state index in [1.807, 2.05) is 38.1 Å². The summed E-state index contributed by atoms with van der Waals surface area (Å²) < 4.78 is 58.2. The van der Waals surface area contributed by atoms with Crippen molar-refractivity contribution in [3.05, 3.63) is 35.9 Å². The third kappa shape index (κ3) is 7.20. The third-order valence-electron chi connectivity index (χ3n) is 4.34. The minimum absolute atomic E-state index is 0.111. The number of allylic oxidation sites excluding steroid dienone is 1. The van der Waals surface area contributed by atoms with Crippen molar-refractivity contribution in [1.29, 1.82) is 0 Å². The van der Waals surface area contributed by atoms with Crippen molar-refractivity contribution in [1.82, 2.24) is 9.44 Å². The van der Waals surface area contributed by atoms with E-state index in [0.29, 0.717) is 18.6 Å². The van der Waals surface area contributed by atoms with Gasteiger partial charge in [0.05, 0.1) is 11.5 Å². The van der Waals surface area contributed by atoms with Crippen molar-refractivity contribution in [2.75, 3.05) is 24.7 Å². The van der Waals surface area contributed by atoms with Crippen molar-refractivity contribution < 1.29 is 21.6 Å². The fraction of sp³-hybridized carbons (Fsp3) is 0.579. The second-order valence-corrected chi connectivity index (χ2v) is 10.6. The lowest BCUT2D eigenvalue weighted by Crippen LogP contribution is -2.35. The Hall–Kier alpha value is -1.42. The van der Waals surface area contributed by atoms with Gasteiger partial charge in [0.15, 0.2) is 0 Å². The summed E-state index contributed by atoms with van der Waals surface area (Å²) >= 11 is 0. The van der Waals surface area contributed by atoms with Gasteiger partial charge >= 0.3 is 0 Å². The number of hydrogen-bond acceptors (Lipinski definition) is 5. The van der Waals surface area contributed by atoms with Gasteiger partial charge in [-0.2, -0.15) is 0 Å². The molecule has 0 aliphatic heterocycles. The Balaban J connectivity index is 1.89. The fourth-order valence-corrected chi connectivity index (χ4v) is 5.55. The second-order valence-electron chi connectivity index (χ2n) is 6.81. The number of benzene rings is 1. The first-order valence-electron chi connectivity index (χ1n) is 9.67. The highest BCUT2D eigenvalue weighted by atomic mass is 32.2. The number of hydrogen-bond donors (Lipinski definition) is 2. The monoisotopic (exact) mass is 430 g/mol. The van der Waals surface area contributed by atoms with Crippen LogP contribution < -0.4 is 14.2 Å². The summed E-state index contributed by atoms with van der Waals surface area (Å²) in [7, 11) is -6.49. The van der Waals surface area contributed by atoms with Crippen molar-refractivity contribution in [3.63, 3.8) is 0 Å². The standard InChI is InChI=1S/C19H30N2O5S2/c1-3-14-27(22,23)20-12-13-26-17-10-8-16(9-11-17)18-6-5-7-19(18)21-28(24,25)15-4-2/h6,8-11,19-21H,3-5,7,12-15H2,1-2H3. The molecule has 158 valence electrons. The molecule has 2 rings (SSSR count). The highest BCUT2D eigenvalue weighted by Crippen LogP contribution is 2.30. The Morgan fingerprint density at radius 2 is 1.64 bits per heavy atom. The zero-order valence-electron chi connectivity index (χ0n) is 16.5. The molecule has 0 heterocycles. The minimum Gasteiger partial charge on any atom is -0.492 e. The summed E-state index contributed by atoms with van der Waals surface area (Å²) in [5.74, 6) is 0.881. The van der Waals surface area contributed by atoms with Gasteiger partial charge in [-0.1, -0.05) is 32.1 Å². The average molecular weight is 431 g/mol. The van der Waals surface area contributed by atoms with E-state index in [1.54, 1.807) is 0 Å². The summed E-state index contributed by atoms with van der Waals surface area (Å²) in [5.41, 5.74) is 1.94. The van der Waals surface area contributed by atoms with E-state index in [9.17, 15) is 16.8 Å². The summed E-state index contributed by atoms with van der Waals surface area (Å²) in [6.07, 6.45) is 4.82. The lowest BCUT2D eigenvalue weighted by atomic mass is 10.0. The number of nitrogens with one attached hydrogen (secondary N) is 2. The zero-order chi connectivity index (χ0) is 20.6. The quantitative estimate of drug-likeness (QED) is 0.495. The van der Waals surface area contributed by atoms with Crippen LogP contribution in [-0.4, -0.2) is 47.5 Å². The average Bonchev–Trinajstić information content (AvgIpc) is 3.06. The first-order valence-corrected chi connectivity index (χ1v) is 13.0. The highest BCUT2D eigenvalue weighted by Gasteiger charge is 2.25. The molecule has 2 N–H and O–H groups in total. The van der Waals surface area contributed by atoms with Crippen LogP contribution in [0.5, 0.6) is 5.75 Å². The Morgan fingerprint density at radius 1 is 1.00 bits per heavy atom. The molecule has 0 saturated heterocycles. The van der Waals surface area contributed by atoms with Crippen LogP contribution in [0.3, 0.4) is 0 Å². The van der Waals surface area contributed by atoms with E-state index >= 15 is 0 Å². The Morgan fingerprint density at radius 3 is 2.29 bits per heavy atom. The zero-order valence-corrected chi connectivity index (χ0v) is 18.1. The molecule has 0 fully saturated rings. The molecule has 0 amide bonds. The smallest absolute Gasteiger partial charge is 0.212 e. The largest absolute Gasteiger partial charge is 0.492 e. The van der Waals surface area contributed by atoms with Crippen LogP contribution in [0.15, 0.2) is 30.3 Å². The minimum atomic E-state index is -3.27. The van der Waals surface area contributed by atoms with Crippen LogP contribution in [0.25, 0.3) is 5.57 Å². The van der Waals surface area contributed by atoms with Gasteiger partial charge in [0.25, 0.3) is 0 Å². The second kappa shape index (κ2) is 10.4. The van der Waals surface area contributed by atoms with Crippen molar-refractivity contribution >= 4 is 25.6 Å².